The minimum Gasteiger partial charge on any atom is -0.462 e. The highest BCUT2D eigenvalue weighted by molar-refractivity contribution is 5.89. The lowest BCUT2D eigenvalue weighted by Gasteiger charge is -2.07. The van der Waals surface area contributed by atoms with Crippen LogP contribution in [0.5, 0.6) is 0 Å². The number of carbonyl (C=O) groups excluding carboxylic acids is 1. The molecule has 31 heavy (non-hydrogen) atoms. The van der Waals surface area contributed by atoms with Crippen molar-refractivity contribution in [3.05, 3.63) is 65.2 Å². The van der Waals surface area contributed by atoms with Gasteiger partial charge < -0.3 is 10.1 Å². The van der Waals surface area contributed by atoms with Crippen LogP contribution in [-0.4, -0.2) is 19.1 Å². The Labute approximate surface area is 188 Å². The fourth-order valence-corrected chi connectivity index (χ4v) is 3.42. The van der Waals surface area contributed by atoms with Gasteiger partial charge >= 0.3 is 5.97 Å². The molecule has 3 nitrogen and oxygen atoms in total. The second-order valence-corrected chi connectivity index (χ2v) is 7.84. The summed E-state index contributed by atoms with van der Waals surface area (Å²) in [6, 6.07) is 16.2. The molecule has 0 saturated heterocycles. The van der Waals surface area contributed by atoms with Gasteiger partial charge in [0.15, 0.2) is 0 Å². The highest BCUT2D eigenvalue weighted by Crippen LogP contribution is 2.12. The summed E-state index contributed by atoms with van der Waals surface area (Å²) < 4.78 is 5.00. The molecule has 0 aromatic heterocycles. The first-order chi connectivity index (χ1) is 15.2. The summed E-state index contributed by atoms with van der Waals surface area (Å²) in [5.74, 6) is 6.33. The molecule has 0 atom stereocenters. The molecular formula is C28H37NO2. The molecule has 0 fully saturated rings. The number of rotatable bonds is 13. The van der Waals surface area contributed by atoms with Crippen molar-refractivity contribution in [2.75, 3.05) is 18.5 Å². The Hall–Kier alpha value is -2.73. The zero-order valence-corrected chi connectivity index (χ0v) is 19.2. The predicted molar refractivity (Wildman–Crippen MR) is 131 cm³/mol. The summed E-state index contributed by atoms with van der Waals surface area (Å²) in [6.45, 7) is 5.39. The SMILES string of the molecule is CCCc1ccc(C#CCCCCCCCCNc2ccc(C(=O)OCC)cc2)cc1. The molecule has 0 aliphatic rings. The highest BCUT2D eigenvalue weighted by Gasteiger charge is 2.05. The molecule has 2 aromatic carbocycles. The lowest BCUT2D eigenvalue weighted by Crippen LogP contribution is -2.05. The molecule has 0 unspecified atom stereocenters. The quantitative estimate of drug-likeness (QED) is 0.216. The zero-order chi connectivity index (χ0) is 22.2. The summed E-state index contributed by atoms with van der Waals surface area (Å²) in [5, 5.41) is 3.42. The van der Waals surface area contributed by atoms with Crippen LogP contribution < -0.4 is 5.32 Å². The number of carbonyl (C=O) groups is 1. The first-order valence-electron chi connectivity index (χ1n) is 11.8. The topological polar surface area (TPSA) is 38.3 Å². The third-order valence-electron chi connectivity index (χ3n) is 5.18. The van der Waals surface area contributed by atoms with Crippen LogP contribution in [0.3, 0.4) is 0 Å². The van der Waals surface area contributed by atoms with E-state index in [1.165, 1.54) is 44.1 Å². The van der Waals surface area contributed by atoms with Crippen LogP contribution in [-0.2, 0) is 11.2 Å². The normalized spacial score (nSPS) is 10.3. The van der Waals surface area contributed by atoms with Crippen molar-refractivity contribution >= 4 is 11.7 Å². The van der Waals surface area contributed by atoms with Crippen LogP contribution >= 0.6 is 0 Å². The Morgan fingerprint density at radius 3 is 2.23 bits per heavy atom. The maximum absolute atomic E-state index is 11.6. The van der Waals surface area contributed by atoms with Crippen molar-refractivity contribution in [1.82, 2.24) is 0 Å². The van der Waals surface area contributed by atoms with Gasteiger partial charge in [0.1, 0.15) is 0 Å². The van der Waals surface area contributed by atoms with Crippen molar-refractivity contribution in [1.29, 1.82) is 0 Å². The number of unbranched alkanes of at least 4 members (excludes halogenated alkanes) is 6. The Morgan fingerprint density at radius 1 is 0.871 bits per heavy atom. The molecule has 0 amide bonds. The molecule has 1 N–H and O–H groups in total. The number of ether oxygens (including phenoxy) is 1. The molecule has 2 rings (SSSR count). The highest BCUT2D eigenvalue weighted by atomic mass is 16.5. The van der Waals surface area contributed by atoms with E-state index in [0.29, 0.717) is 12.2 Å². The molecule has 0 aliphatic heterocycles. The lowest BCUT2D eigenvalue weighted by atomic mass is 10.1. The average Bonchev–Trinajstić information content (AvgIpc) is 2.79. The van der Waals surface area contributed by atoms with Crippen molar-refractivity contribution < 1.29 is 9.53 Å². The molecule has 0 spiro atoms. The first kappa shape index (κ1) is 24.5. The van der Waals surface area contributed by atoms with Gasteiger partial charge in [-0.15, -0.1) is 0 Å². The minimum absolute atomic E-state index is 0.263. The van der Waals surface area contributed by atoms with Crippen molar-refractivity contribution in [2.45, 2.75) is 71.6 Å². The van der Waals surface area contributed by atoms with E-state index in [1.807, 2.05) is 31.2 Å². The second kappa shape index (κ2) is 15.1. The number of esters is 1. The van der Waals surface area contributed by atoms with E-state index in [9.17, 15) is 4.79 Å². The maximum atomic E-state index is 11.6. The van der Waals surface area contributed by atoms with Gasteiger partial charge in [-0.05, 0) is 68.1 Å². The number of benzene rings is 2. The van der Waals surface area contributed by atoms with E-state index >= 15 is 0 Å². The van der Waals surface area contributed by atoms with Crippen molar-refractivity contribution in [3.8, 4) is 11.8 Å². The lowest BCUT2D eigenvalue weighted by molar-refractivity contribution is 0.0526. The summed E-state index contributed by atoms with van der Waals surface area (Å²) in [5.41, 5.74) is 4.17. The second-order valence-electron chi connectivity index (χ2n) is 7.84. The Bertz CT molecular complexity index is 813. The van der Waals surface area contributed by atoms with Gasteiger partial charge in [-0.25, -0.2) is 4.79 Å². The van der Waals surface area contributed by atoms with E-state index in [0.717, 1.165) is 37.1 Å². The van der Waals surface area contributed by atoms with E-state index < -0.39 is 0 Å². The van der Waals surface area contributed by atoms with Gasteiger partial charge in [-0.2, -0.15) is 0 Å². The third-order valence-corrected chi connectivity index (χ3v) is 5.18. The Balaban J connectivity index is 1.47. The van der Waals surface area contributed by atoms with E-state index in [2.05, 4.69) is 48.3 Å². The molecule has 0 heterocycles. The van der Waals surface area contributed by atoms with Gasteiger partial charge in [0.25, 0.3) is 0 Å². The Kier molecular flexibility index (Phi) is 12.0. The molecule has 0 aliphatic carbocycles. The monoisotopic (exact) mass is 419 g/mol. The fourth-order valence-electron chi connectivity index (χ4n) is 3.42. The number of nitrogens with one attached hydrogen (secondary N) is 1. The van der Waals surface area contributed by atoms with Gasteiger partial charge in [-0.3, -0.25) is 0 Å². The molecule has 0 saturated carbocycles. The summed E-state index contributed by atoms with van der Waals surface area (Å²) >= 11 is 0. The summed E-state index contributed by atoms with van der Waals surface area (Å²) in [6.07, 6.45) is 10.7. The van der Waals surface area contributed by atoms with E-state index in [4.69, 9.17) is 4.74 Å². The Morgan fingerprint density at radius 2 is 1.55 bits per heavy atom. The van der Waals surface area contributed by atoms with Crippen LogP contribution in [0.15, 0.2) is 48.5 Å². The molecule has 2 aromatic rings. The first-order valence-corrected chi connectivity index (χ1v) is 11.8. The largest absolute Gasteiger partial charge is 0.462 e. The van der Waals surface area contributed by atoms with Gasteiger partial charge in [0, 0.05) is 24.2 Å². The molecule has 0 radical (unpaired) electrons. The molecule has 3 heteroatoms. The standard InChI is InChI=1S/C28H37NO2/c1-3-13-24-15-17-25(18-16-24)14-11-9-7-5-6-8-10-12-23-29-27-21-19-26(20-22-27)28(30)31-4-2/h15-22,29H,3-10,12-13,23H2,1-2H3. The smallest absolute Gasteiger partial charge is 0.338 e. The number of hydrogen-bond acceptors (Lipinski definition) is 3. The summed E-state index contributed by atoms with van der Waals surface area (Å²) in [7, 11) is 0. The zero-order valence-electron chi connectivity index (χ0n) is 19.2. The van der Waals surface area contributed by atoms with Gasteiger partial charge in [0.2, 0.25) is 0 Å². The van der Waals surface area contributed by atoms with Crippen LogP contribution in [0.4, 0.5) is 5.69 Å². The predicted octanol–water partition coefficient (Wildman–Crippen LogP) is 7.01. The third kappa shape index (κ3) is 10.2. The molecule has 0 bridgehead atoms. The van der Waals surface area contributed by atoms with E-state index in [1.54, 1.807) is 0 Å². The molecule has 166 valence electrons. The minimum atomic E-state index is -0.263. The number of aryl methyl sites for hydroxylation is 1. The number of hydrogen-bond donors (Lipinski definition) is 1. The fraction of sp³-hybridized carbons (Fsp3) is 0.464. The van der Waals surface area contributed by atoms with Gasteiger partial charge in [0.05, 0.1) is 12.2 Å². The van der Waals surface area contributed by atoms with Crippen LogP contribution in [0, 0.1) is 11.8 Å². The van der Waals surface area contributed by atoms with Crippen LogP contribution in [0.1, 0.15) is 86.7 Å². The number of anilines is 1. The molecular weight excluding hydrogens is 382 g/mol. The van der Waals surface area contributed by atoms with Crippen LogP contribution in [0.2, 0.25) is 0 Å². The van der Waals surface area contributed by atoms with Gasteiger partial charge in [-0.1, -0.05) is 63.0 Å². The van der Waals surface area contributed by atoms with Crippen molar-refractivity contribution in [3.63, 3.8) is 0 Å². The van der Waals surface area contributed by atoms with E-state index in [-0.39, 0.29) is 5.97 Å². The summed E-state index contributed by atoms with van der Waals surface area (Å²) in [4.78, 5) is 11.6. The average molecular weight is 420 g/mol. The van der Waals surface area contributed by atoms with Crippen LogP contribution in [0.25, 0.3) is 0 Å². The maximum Gasteiger partial charge on any atom is 0.338 e. The van der Waals surface area contributed by atoms with Crippen molar-refractivity contribution in [2.24, 2.45) is 0 Å².